The Balaban J connectivity index is 1.89. The highest BCUT2D eigenvalue weighted by Gasteiger charge is 2.09. The van der Waals surface area contributed by atoms with Crippen LogP contribution in [-0.2, 0) is 13.0 Å². The molecule has 3 N–H and O–H groups in total. The average Bonchev–Trinajstić information content (AvgIpc) is 2.88. The minimum atomic E-state index is 0.200. The third kappa shape index (κ3) is 3.29. The van der Waals surface area contributed by atoms with Crippen LogP contribution in [-0.4, -0.2) is 28.4 Å². The number of hydrogen-bond acceptors (Lipinski definition) is 4. The molecule has 0 saturated heterocycles. The lowest BCUT2D eigenvalue weighted by atomic mass is 10.1. The van der Waals surface area contributed by atoms with E-state index in [0.717, 1.165) is 35.2 Å². The number of nitrogens with two attached hydrogens (primary N) is 1. The maximum atomic E-state index is 8.94. The fourth-order valence-electron chi connectivity index (χ4n) is 2.71. The highest BCUT2D eigenvalue weighted by atomic mass is 16.5. The Bertz CT molecular complexity index is 794. The van der Waals surface area contributed by atoms with Crippen LogP contribution in [0.3, 0.4) is 0 Å². The number of aromatic nitrogens is 2. The number of nitrogens with zero attached hydrogens (tertiary/aromatic N) is 2. The van der Waals surface area contributed by atoms with E-state index >= 15 is 0 Å². The number of hydrogen-bond donors (Lipinski definition) is 2. The molecule has 0 aliphatic rings. The van der Waals surface area contributed by atoms with Crippen LogP contribution in [0.15, 0.2) is 42.5 Å². The molecular weight excluding hydrogens is 290 g/mol. The number of aryl methyl sites for hydroxylation is 1. The number of ether oxygens (including phenoxy) is 1. The first-order chi connectivity index (χ1) is 11.2. The second-order valence-corrected chi connectivity index (χ2v) is 5.55. The van der Waals surface area contributed by atoms with E-state index in [-0.39, 0.29) is 6.61 Å². The number of fused-ring (bicyclic) bond motifs is 1. The summed E-state index contributed by atoms with van der Waals surface area (Å²) in [6.45, 7) is 0.869. The Hall–Kier alpha value is -2.53. The maximum Gasteiger partial charge on any atom is 0.201 e. The number of anilines is 1. The summed E-state index contributed by atoms with van der Waals surface area (Å²) in [5.41, 5.74) is 10.3. The minimum absolute atomic E-state index is 0.200. The molecule has 23 heavy (non-hydrogen) atoms. The molecule has 3 aromatic rings. The third-order valence-electron chi connectivity index (χ3n) is 3.97. The van der Waals surface area contributed by atoms with E-state index in [4.69, 9.17) is 15.6 Å². The molecule has 120 valence electrons. The Labute approximate surface area is 135 Å². The largest absolute Gasteiger partial charge is 0.497 e. The molecule has 0 aliphatic heterocycles. The average molecular weight is 311 g/mol. The summed E-state index contributed by atoms with van der Waals surface area (Å²) in [6.07, 6.45) is 1.60. The number of methoxy groups -OCH3 is 1. The van der Waals surface area contributed by atoms with E-state index in [0.29, 0.717) is 12.5 Å². The van der Waals surface area contributed by atoms with E-state index < -0.39 is 0 Å². The fourth-order valence-corrected chi connectivity index (χ4v) is 2.71. The molecule has 1 heterocycles. The fraction of sp³-hybridized carbons (Fsp3) is 0.278. The lowest BCUT2D eigenvalue weighted by molar-refractivity contribution is 0.288. The number of nitrogen functional groups attached to an aromatic ring is 1. The summed E-state index contributed by atoms with van der Waals surface area (Å²) in [5, 5.41) is 8.94. The zero-order valence-corrected chi connectivity index (χ0v) is 13.2. The molecule has 0 aliphatic carbocycles. The van der Waals surface area contributed by atoms with Crippen molar-refractivity contribution in [2.24, 2.45) is 0 Å². The van der Waals surface area contributed by atoms with Gasteiger partial charge in [0.2, 0.25) is 5.95 Å². The highest BCUT2D eigenvalue weighted by Crippen LogP contribution is 2.22. The van der Waals surface area contributed by atoms with Gasteiger partial charge >= 0.3 is 0 Å². The van der Waals surface area contributed by atoms with Crippen molar-refractivity contribution in [2.75, 3.05) is 19.5 Å². The molecule has 2 aromatic carbocycles. The normalized spacial score (nSPS) is 11.0. The number of rotatable bonds is 6. The van der Waals surface area contributed by atoms with Gasteiger partial charge in [-0.15, -0.1) is 0 Å². The number of benzene rings is 2. The molecule has 0 atom stereocenters. The summed E-state index contributed by atoms with van der Waals surface area (Å²) >= 11 is 0. The summed E-state index contributed by atoms with van der Waals surface area (Å²) < 4.78 is 7.19. The van der Waals surface area contributed by atoms with Crippen molar-refractivity contribution in [3.05, 3.63) is 53.6 Å². The Kier molecular flexibility index (Phi) is 4.48. The quantitative estimate of drug-likeness (QED) is 0.734. The van der Waals surface area contributed by atoms with Crippen LogP contribution >= 0.6 is 0 Å². The summed E-state index contributed by atoms with van der Waals surface area (Å²) in [5.74, 6) is 1.35. The van der Waals surface area contributed by atoms with Crippen molar-refractivity contribution in [3.8, 4) is 5.75 Å². The van der Waals surface area contributed by atoms with Crippen LogP contribution in [0, 0.1) is 0 Å². The molecule has 0 bridgehead atoms. The second-order valence-electron chi connectivity index (χ2n) is 5.55. The monoisotopic (exact) mass is 311 g/mol. The van der Waals surface area contributed by atoms with Gasteiger partial charge in [0.25, 0.3) is 0 Å². The smallest absolute Gasteiger partial charge is 0.201 e. The van der Waals surface area contributed by atoms with Crippen LogP contribution in [0.4, 0.5) is 5.95 Å². The highest BCUT2D eigenvalue weighted by molar-refractivity contribution is 5.79. The second kappa shape index (κ2) is 6.71. The summed E-state index contributed by atoms with van der Waals surface area (Å²) in [6, 6.07) is 14.1. The van der Waals surface area contributed by atoms with Gasteiger partial charge in [0.15, 0.2) is 0 Å². The van der Waals surface area contributed by atoms with Gasteiger partial charge in [-0.25, -0.2) is 4.98 Å². The lowest BCUT2D eigenvalue weighted by Gasteiger charge is -2.08. The number of aliphatic hydroxyl groups is 1. The van der Waals surface area contributed by atoms with E-state index in [1.807, 2.05) is 34.9 Å². The zero-order valence-electron chi connectivity index (χ0n) is 13.2. The van der Waals surface area contributed by atoms with E-state index in [1.54, 1.807) is 7.11 Å². The van der Waals surface area contributed by atoms with Crippen molar-refractivity contribution < 1.29 is 9.84 Å². The molecule has 5 nitrogen and oxygen atoms in total. The molecule has 0 saturated carbocycles. The van der Waals surface area contributed by atoms with Gasteiger partial charge in [0.1, 0.15) is 5.75 Å². The Morgan fingerprint density at radius 2 is 1.87 bits per heavy atom. The van der Waals surface area contributed by atoms with Crippen molar-refractivity contribution in [1.82, 2.24) is 9.55 Å². The van der Waals surface area contributed by atoms with Crippen LogP contribution in [0.25, 0.3) is 11.0 Å². The van der Waals surface area contributed by atoms with Crippen molar-refractivity contribution >= 4 is 17.0 Å². The Morgan fingerprint density at radius 3 is 2.57 bits per heavy atom. The van der Waals surface area contributed by atoms with Crippen LogP contribution in [0.5, 0.6) is 5.75 Å². The van der Waals surface area contributed by atoms with Gasteiger partial charge in [-0.2, -0.15) is 0 Å². The first-order valence-electron chi connectivity index (χ1n) is 7.69. The maximum absolute atomic E-state index is 8.94. The number of aliphatic hydroxyl groups excluding tert-OH is 1. The van der Waals surface area contributed by atoms with Crippen LogP contribution < -0.4 is 10.5 Å². The van der Waals surface area contributed by atoms with Crippen molar-refractivity contribution in [3.63, 3.8) is 0 Å². The molecular formula is C18H21N3O2. The molecule has 0 radical (unpaired) electrons. The molecule has 5 heteroatoms. The molecule has 1 aromatic heterocycles. The minimum Gasteiger partial charge on any atom is -0.497 e. The van der Waals surface area contributed by atoms with Gasteiger partial charge in [-0.1, -0.05) is 18.2 Å². The van der Waals surface area contributed by atoms with E-state index in [1.165, 1.54) is 5.56 Å². The van der Waals surface area contributed by atoms with Gasteiger partial charge in [-0.3, -0.25) is 0 Å². The molecule has 0 fully saturated rings. The summed E-state index contributed by atoms with van der Waals surface area (Å²) in [4.78, 5) is 4.47. The molecule has 0 amide bonds. The molecule has 3 rings (SSSR count). The number of imidazole rings is 1. The Morgan fingerprint density at radius 1 is 1.13 bits per heavy atom. The van der Waals surface area contributed by atoms with E-state index in [2.05, 4.69) is 17.1 Å². The third-order valence-corrected chi connectivity index (χ3v) is 3.97. The predicted molar refractivity (Wildman–Crippen MR) is 91.6 cm³/mol. The van der Waals surface area contributed by atoms with Gasteiger partial charge < -0.3 is 20.1 Å². The molecule has 0 spiro atoms. The van der Waals surface area contributed by atoms with Crippen molar-refractivity contribution in [1.29, 1.82) is 0 Å². The van der Waals surface area contributed by atoms with Gasteiger partial charge in [0, 0.05) is 6.61 Å². The molecule has 0 unspecified atom stereocenters. The van der Waals surface area contributed by atoms with Crippen molar-refractivity contribution in [2.45, 2.75) is 19.4 Å². The standard InChI is InChI=1S/C18H21N3O2/c1-23-15-7-4-14(5-8-15)12-21-17-9-6-13(3-2-10-22)11-16(17)20-18(21)19/h4-9,11,22H,2-3,10,12H2,1H3,(H2,19,20). The van der Waals surface area contributed by atoms with Crippen LogP contribution in [0.2, 0.25) is 0 Å². The first kappa shape index (κ1) is 15.4. The van der Waals surface area contributed by atoms with Crippen LogP contribution in [0.1, 0.15) is 17.5 Å². The van der Waals surface area contributed by atoms with Gasteiger partial charge in [-0.05, 0) is 48.2 Å². The SMILES string of the molecule is COc1ccc(Cn2c(N)nc3cc(CCCO)ccc32)cc1. The van der Waals surface area contributed by atoms with E-state index in [9.17, 15) is 0 Å². The zero-order chi connectivity index (χ0) is 16.2. The first-order valence-corrected chi connectivity index (χ1v) is 7.69. The summed E-state index contributed by atoms with van der Waals surface area (Å²) in [7, 11) is 1.66. The lowest BCUT2D eigenvalue weighted by Crippen LogP contribution is -2.04. The van der Waals surface area contributed by atoms with Gasteiger partial charge in [0.05, 0.1) is 24.7 Å². The predicted octanol–water partition coefficient (Wildman–Crippen LogP) is 2.60. The topological polar surface area (TPSA) is 73.3 Å².